The predicted molar refractivity (Wildman–Crippen MR) is 107 cm³/mol. The molecular weight excluding hydrogens is 378 g/mol. The summed E-state index contributed by atoms with van der Waals surface area (Å²) in [7, 11) is 0. The Labute approximate surface area is 166 Å². The second-order valence-corrected chi connectivity index (χ2v) is 6.43. The van der Waals surface area contributed by atoms with Gasteiger partial charge in [0.25, 0.3) is 5.69 Å². The van der Waals surface area contributed by atoms with Gasteiger partial charge in [0.2, 0.25) is 5.91 Å². The number of nitrogens with one attached hydrogen (secondary N) is 1. The molecule has 0 saturated carbocycles. The van der Waals surface area contributed by atoms with Gasteiger partial charge in [-0.05, 0) is 31.0 Å². The van der Waals surface area contributed by atoms with Crippen LogP contribution in [0.25, 0.3) is 11.1 Å². The van der Waals surface area contributed by atoms with E-state index in [1.54, 1.807) is 12.1 Å². The van der Waals surface area contributed by atoms with Crippen molar-refractivity contribution < 1.29 is 18.9 Å². The number of para-hydroxylation sites is 2. The maximum Gasteiger partial charge on any atom is 0.419 e. The molecule has 0 atom stereocenters. The van der Waals surface area contributed by atoms with Gasteiger partial charge in [0.1, 0.15) is 5.75 Å². The number of anilines is 1. The van der Waals surface area contributed by atoms with Crippen molar-refractivity contribution in [1.29, 1.82) is 0 Å². The Bertz CT molecular complexity index is 1090. The number of rotatable bonds is 9. The zero-order valence-corrected chi connectivity index (χ0v) is 15.9. The molecule has 0 fully saturated rings. The summed E-state index contributed by atoms with van der Waals surface area (Å²) >= 11 is 0. The molecule has 1 aromatic heterocycles. The second kappa shape index (κ2) is 9.05. The highest BCUT2D eigenvalue weighted by molar-refractivity contribution is 5.92. The van der Waals surface area contributed by atoms with Crippen molar-refractivity contribution in [2.75, 3.05) is 11.9 Å². The molecule has 0 spiro atoms. The van der Waals surface area contributed by atoms with E-state index < -0.39 is 10.7 Å². The van der Waals surface area contributed by atoms with E-state index in [4.69, 9.17) is 9.15 Å². The smallest absolute Gasteiger partial charge is 0.419 e. The topological polar surface area (TPSA) is 117 Å². The molecule has 152 valence electrons. The lowest BCUT2D eigenvalue weighted by atomic mass is 10.2. The third kappa shape index (κ3) is 4.81. The minimum absolute atomic E-state index is 0.149. The van der Waals surface area contributed by atoms with Gasteiger partial charge in [0, 0.05) is 19.0 Å². The fourth-order valence-electron chi connectivity index (χ4n) is 2.90. The third-order valence-electron chi connectivity index (χ3n) is 4.27. The van der Waals surface area contributed by atoms with Crippen LogP contribution in [0.2, 0.25) is 0 Å². The lowest BCUT2D eigenvalue weighted by Gasteiger charge is -2.12. The summed E-state index contributed by atoms with van der Waals surface area (Å²) in [6.07, 6.45) is 1.45. The van der Waals surface area contributed by atoms with Gasteiger partial charge in [-0.2, -0.15) is 0 Å². The fourth-order valence-corrected chi connectivity index (χ4v) is 2.90. The molecule has 2 aromatic carbocycles. The largest absolute Gasteiger partial charge is 0.491 e. The first-order chi connectivity index (χ1) is 14.0. The number of carbonyl (C=O) groups excluding carboxylic acids is 1. The van der Waals surface area contributed by atoms with Crippen LogP contribution in [0.4, 0.5) is 11.4 Å². The van der Waals surface area contributed by atoms with E-state index in [1.807, 2.05) is 19.1 Å². The van der Waals surface area contributed by atoms with Crippen LogP contribution >= 0.6 is 0 Å². The average Bonchev–Trinajstić information content (AvgIpc) is 3.01. The van der Waals surface area contributed by atoms with Gasteiger partial charge in [-0.15, -0.1) is 0 Å². The molecule has 9 nitrogen and oxygen atoms in total. The van der Waals surface area contributed by atoms with Crippen LogP contribution in [-0.4, -0.2) is 22.0 Å². The monoisotopic (exact) mass is 399 g/mol. The second-order valence-electron chi connectivity index (χ2n) is 6.43. The van der Waals surface area contributed by atoms with Crippen LogP contribution in [0.15, 0.2) is 51.7 Å². The van der Waals surface area contributed by atoms with Crippen molar-refractivity contribution in [3.8, 4) is 5.75 Å². The molecule has 3 aromatic rings. The standard InChI is InChI=1S/C20H21N3O6/c1-2-12-28-17-7-4-3-6-15(17)21-19(24)8-5-11-22-16-10-9-14(23(26)27)13-18(16)29-20(22)25/h3-4,6-7,9-10,13H,2,5,8,11-12H2,1H3,(H,21,24). The van der Waals surface area contributed by atoms with Crippen LogP contribution in [0.5, 0.6) is 5.75 Å². The number of oxazole rings is 1. The maximum absolute atomic E-state index is 12.3. The number of fused-ring (bicyclic) bond motifs is 1. The molecule has 0 unspecified atom stereocenters. The average molecular weight is 399 g/mol. The Kier molecular flexibility index (Phi) is 6.28. The van der Waals surface area contributed by atoms with Crippen molar-refractivity contribution in [2.45, 2.75) is 32.7 Å². The van der Waals surface area contributed by atoms with Crippen molar-refractivity contribution in [3.63, 3.8) is 0 Å². The zero-order valence-electron chi connectivity index (χ0n) is 15.9. The summed E-state index contributed by atoms with van der Waals surface area (Å²) in [5.74, 6) is -0.199. The Hall–Kier alpha value is -3.62. The predicted octanol–water partition coefficient (Wildman–Crippen LogP) is 3.71. The Balaban J connectivity index is 1.62. The number of nitro groups is 1. The SMILES string of the molecule is CCCOc1ccccc1NC(=O)CCCn1c(=O)oc2cc([N+](=O)[O-])ccc21. The van der Waals surface area contributed by atoms with E-state index in [0.717, 1.165) is 6.42 Å². The van der Waals surface area contributed by atoms with E-state index in [1.165, 1.54) is 22.8 Å². The molecule has 9 heteroatoms. The van der Waals surface area contributed by atoms with Gasteiger partial charge in [-0.25, -0.2) is 4.79 Å². The van der Waals surface area contributed by atoms with Gasteiger partial charge in [0.05, 0.1) is 28.8 Å². The third-order valence-corrected chi connectivity index (χ3v) is 4.27. The number of nitrogens with zero attached hydrogens (tertiary/aromatic N) is 2. The van der Waals surface area contributed by atoms with Crippen LogP contribution in [0.1, 0.15) is 26.2 Å². The number of aryl methyl sites for hydroxylation is 1. The highest BCUT2D eigenvalue weighted by atomic mass is 16.6. The normalized spacial score (nSPS) is 10.8. The van der Waals surface area contributed by atoms with Crippen molar-refractivity contribution in [3.05, 3.63) is 63.1 Å². The Morgan fingerprint density at radius 3 is 2.83 bits per heavy atom. The molecule has 0 aliphatic rings. The van der Waals surface area contributed by atoms with Crippen LogP contribution in [0, 0.1) is 10.1 Å². The summed E-state index contributed by atoms with van der Waals surface area (Å²) in [4.78, 5) is 34.6. The van der Waals surface area contributed by atoms with E-state index in [-0.39, 0.29) is 30.1 Å². The van der Waals surface area contributed by atoms with Crippen molar-refractivity contribution in [2.24, 2.45) is 0 Å². The van der Waals surface area contributed by atoms with Gasteiger partial charge in [0.15, 0.2) is 5.58 Å². The molecule has 1 N–H and O–H groups in total. The fraction of sp³-hybridized carbons (Fsp3) is 0.300. The lowest BCUT2D eigenvalue weighted by Crippen LogP contribution is -2.17. The number of carbonyl (C=O) groups is 1. The van der Waals surface area contributed by atoms with Crippen LogP contribution < -0.4 is 15.8 Å². The minimum atomic E-state index is -0.612. The lowest BCUT2D eigenvalue weighted by molar-refractivity contribution is -0.384. The number of non-ortho nitro benzene ring substituents is 1. The molecule has 0 aliphatic heterocycles. The molecule has 3 rings (SSSR count). The molecule has 29 heavy (non-hydrogen) atoms. The number of benzene rings is 2. The van der Waals surface area contributed by atoms with E-state index in [9.17, 15) is 19.7 Å². The summed E-state index contributed by atoms with van der Waals surface area (Å²) in [5.41, 5.74) is 1.06. The van der Waals surface area contributed by atoms with Crippen LogP contribution in [0.3, 0.4) is 0 Å². The quantitative estimate of drug-likeness (QED) is 0.433. The highest BCUT2D eigenvalue weighted by Gasteiger charge is 2.14. The summed E-state index contributed by atoms with van der Waals surface area (Å²) in [6, 6.07) is 11.2. The summed E-state index contributed by atoms with van der Waals surface area (Å²) in [5, 5.41) is 13.7. The molecule has 1 amide bonds. The first-order valence-electron chi connectivity index (χ1n) is 9.29. The molecule has 0 saturated heterocycles. The number of ether oxygens (including phenoxy) is 1. The molecule has 0 aliphatic carbocycles. The first kappa shape index (κ1) is 20.1. The zero-order chi connectivity index (χ0) is 20.8. The van der Waals surface area contributed by atoms with Gasteiger partial charge >= 0.3 is 5.76 Å². The maximum atomic E-state index is 12.3. The Morgan fingerprint density at radius 2 is 2.07 bits per heavy atom. The molecule has 1 heterocycles. The van der Waals surface area contributed by atoms with E-state index >= 15 is 0 Å². The highest BCUT2D eigenvalue weighted by Crippen LogP contribution is 2.24. The summed E-state index contributed by atoms with van der Waals surface area (Å²) < 4.78 is 12.1. The van der Waals surface area contributed by atoms with Gasteiger partial charge in [-0.1, -0.05) is 19.1 Å². The number of aromatic nitrogens is 1. The molecule has 0 bridgehead atoms. The number of amides is 1. The van der Waals surface area contributed by atoms with Gasteiger partial charge < -0.3 is 14.5 Å². The van der Waals surface area contributed by atoms with Gasteiger partial charge in [-0.3, -0.25) is 19.5 Å². The molecular formula is C20H21N3O6. The number of hydrogen-bond donors (Lipinski definition) is 1. The summed E-state index contributed by atoms with van der Waals surface area (Å²) in [6.45, 7) is 2.81. The number of nitro benzene ring substituents is 1. The van der Waals surface area contributed by atoms with Crippen molar-refractivity contribution >= 4 is 28.4 Å². The van der Waals surface area contributed by atoms with E-state index in [0.29, 0.717) is 30.0 Å². The van der Waals surface area contributed by atoms with Crippen LogP contribution in [-0.2, 0) is 11.3 Å². The first-order valence-corrected chi connectivity index (χ1v) is 9.29. The van der Waals surface area contributed by atoms with E-state index in [2.05, 4.69) is 5.32 Å². The van der Waals surface area contributed by atoms with Crippen molar-refractivity contribution in [1.82, 2.24) is 4.57 Å². The number of hydrogen-bond acceptors (Lipinski definition) is 6. The minimum Gasteiger partial charge on any atom is -0.491 e. The Morgan fingerprint density at radius 1 is 1.28 bits per heavy atom. The molecule has 0 radical (unpaired) electrons.